The molecule has 1 saturated carbocycles. The lowest BCUT2D eigenvalue weighted by Crippen LogP contribution is -2.52. The molecule has 8 rings (SSSR count). The maximum atomic E-state index is 12.3. The molecule has 15 nitrogen and oxygen atoms in total. The van der Waals surface area contributed by atoms with Crippen LogP contribution in [0, 0.1) is 28.6 Å². The fourth-order valence-corrected chi connectivity index (χ4v) is 8.49. The van der Waals surface area contributed by atoms with Gasteiger partial charge in [-0.05, 0) is 88.6 Å². The third kappa shape index (κ3) is 7.68. The fourth-order valence-electron chi connectivity index (χ4n) is 8.49. The Balaban J connectivity index is 0.847. The van der Waals surface area contributed by atoms with Gasteiger partial charge in [-0.2, -0.15) is 20.3 Å². The van der Waals surface area contributed by atoms with Gasteiger partial charge in [0.05, 0.1) is 47.5 Å². The van der Waals surface area contributed by atoms with Gasteiger partial charge in [0.25, 0.3) is 0 Å². The summed E-state index contributed by atoms with van der Waals surface area (Å²) in [4.78, 5) is 38.1. The van der Waals surface area contributed by atoms with Gasteiger partial charge < -0.3 is 10.2 Å². The van der Waals surface area contributed by atoms with Crippen molar-refractivity contribution in [1.29, 1.82) is 10.5 Å². The zero-order valence-corrected chi connectivity index (χ0v) is 31.7. The Morgan fingerprint density at radius 2 is 1.82 bits per heavy atom. The molecule has 3 aliphatic rings. The van der Waals surface area contributed by atoms with Gasteiger partial charge in [0.2, 0.25) is 11.8 Å². The second-order valence-corrected chi connectivity index (χ2v) is 15.4. The fraction of sp³-hybridized carbons (Fsp3) is 0.439. The first-order chi connectivity index (χ1) is 27.3. The SMILES string of the molecule is C[C@H](C#N)Nc1cc(-n2ncc3cc(C#N)cnc32)ncc1-n1cc(C2CCC(CCN3CCN(c4ccc(C5CCC(=O)NC5=O)cc4)[C@@H](C)C3)CC2)nn1. The second kappa shape index (κ2) is 15.9. The molecule has 286 valence electrons. The van der Waals surface area contributed by atoms with Crippen LogP contribution in [-0.4, -0.2) is 89.7 Å². The van der Waals surface area contributed by atoms with E-state index in [-0.39, 0.29) is 17.7 Å². The van der Waals surface area contributed by atoms with Crippen molar-refractivity contribution >= 4 is 34.2 Å². The number of piperidine rings is 1. The van der Waals surface area contributed by atoms with Crippen molar-refractivity contribution < 1.29 is 9.59 Å². The number of fused-ring (bicyclic) bond motifs is 1. The van der Waals surface area contributed by atoms with Gasteiger partial charge in [0.1, 0.15) is 17.8 Å². The number of carbonyl (C=O) groups is 2. The molecule has 5 aromatic rings. The normalized spacial score (nSPS) is 22.3. The van der Waals surface area contributed by atoms with E-state index in [9.17, 15) is 20.1 Å². The van der Waals surface area contributed by atoms with Crippen LogP contribution in [0.25, 0.3) is 22.5 Å². The predicted molar refractivity (Wildman–Crippen MR) is 209 cm³/mol. The van der Waals surface area contributed by atoms with E-state index in [1.165, 1.54) is 18.3 Å². The lowest BCUT2D eigenvalue weighted by Gasteiger charge is -2.42. The Labute approximate surface area is 325 Å². The summed E-state index contributed by atoms with van der Waals surface area (Å²) < 4.78 is 3.35. The van der Waals surface area contributed by atoms with Crippen molar-refractivity contribution in [2.45, 2.75) is 82.7 Å². The molecule has 1 unspecified atom stereocenters. The molecule has 1 aromatic carbocycles. The largest absolute Gasteiger partial charge is 0.368 e. The lowest BCUT2D eigenvalue weighted by atomic mass is 9.79. The number of rotatable bonds is 10. The number of nitrogens with zero attached hydrogens (tertiary/aromatic N) is 11. The maximum absolute atomic E-state index is 12.3. The van der Waals surface area contributed by atoms with E-state index >= 15 is 0 Å². The van der Waals surface area contributed by atoms with Crippen molar-refractivity contribution in [1.82, 2.24) is 45.0 Å². The molecule has 6 heterocycles. The molecule has 2 N–H and O–H groups in total. The summed E-state index contributed by atoms with van der Waals surface area (Å²) >= 11 is 0. The number of amides is 2. The molecule has 2 amide bonds. The standard InChI is InChI=1S/C41H45N13O2/c1-26(19-42)47-35-18-38(54-40-32(22-46-54)17-29(20-43)21-45-40)44-23-37(35)53-25-36(49-50-53)31-5-3-28(4-6-31)13-14-51-15-16-52(27(2)24-51)33-9-7-30(8-10-33)34-11-12-39(55)48-41(34)56/h7-10,17-18,21-23,25-28,31,34H,3-6,11-16,24H2,1-2H3,(H,44,47)(H,48,55,56)/t26-,27+,28?,31?,34?/m1/s1. The Morgan fingerprint density at radius 3 is 2.57 bits per heavy atom. The molecular formula is C41H45N13O2. The minimum Gasteiger partial charge on any atom is -0.368 e. The van der Waals surface area contributed by atoms with Crippen LogP contribution in [0.2, 0.25) is 0 Å². The Bertz CT molecular complexity index is 2310. The highest BCUT2D eigenvalue weighted by molar-refractivity contribution is 6.01. The van der Waals surface area contributed by atoms with Gasteiger partial charge in [0.15, 0.2) is 11.5 Å². The minimum absolute atomic E-state index is 0.184. The first-order valence-electron chi connectivity index (χ1n) is 19.5. The zero-order chi connectivity index (χ0) is 38.8. The van der Waals surface area contributed by atoms with Crippen LogP contribution in [-0.2, 0) is 9.59 Å². The number of anilines is 2. The monoisotopic (exact) mass is 751 g/mol. The Kier molecular flexibility index (Phi) is 10.4. The van der Waals surface area contributed by atoms with Crippen LogP contribution < -0.4 is 15.5 Å². The number of piperazine rings is 1. The second-order valence-electron chi connectivity index (χ2n) is 15.4. The van der Waals surface area contributed by atoms with Crippen LogP contribution in [0.5, 0.6) is 0 Å². The van der Waals surface area contributed by atoms with E-state index in [1.807, 2.05) is 24.4 Å². The molecule has 1 aliphatic carbocycles. The highest BCUT2D eigenvalue weighted by atomic mass is 16.2. The zero-order valence-electron chi connectivity index (χ0n) is 31.7. The third-order valence-corrected chi connectivity index (χ3v) is 11.6. The highest BCUT2D eigenvalue weighted by Gasteiger charge is 2.30. The number of carbonyl (C=O) groups excluding carboxylic acids is 2. The van der Waals surface area contributed by atoms with Crippen molar-refractivity contribution in [3.8, 4) is 23.6 Å². The third-order valence-electron chi connectivity index (χ3n) is 11.6. The number of hydrogen-bond donors (Lipinski definition) is 2. The Morgan fingerprint density at radius 1 is 1.00 bits per heavy atom. The van der Waals surface area contributed by atoms with Crippen molar-refractivity contribution in [2.24, 2.45) is 5.92 Å². The number of nitrogens with one attached hydrogen (secondary N) is 2. The minimum atomic E-state index is -0.467. The number of nitriles is 2. The highest BCUT2D eigenvalue weighted by Crippen LogP contribution is 2.37. The molecule has 15 heteroatoms. The summed E-state index contributed by atoms with van der Waals surface area (Å²) in [5.41, 5.74) is 5.49. The van der Waals surface area contributed by atoms with E-state index in [2.05, 4.69) is 77.0 Å². The summed E-state index contributed by atoms with van der Waals surface area (Å²) in [5.74, 6) is 0.909. The van der Waals surface area contributed by atoms with E-state index < -0.39 is 6.04 Å². The molecule has 2 saturated heterocycles. The number of pyridine rings is 2. The molecule has 3 fully saturated rings. The summed E-state index contributed by atoms with van der Waals surface area (Å²) in [6.45, 7) is 8.19. The van der Waals surface area contributed by atoms with E-state index in [1.54, 1.807) is 34.7 Å². The first-order valence-corrected chi connectivity index (χ1v) is 19.5. The van der Waals surface area contributed by atoms with Crippen molar-refractivity contribution in [3.63, 3.8) is 0 Å². The van der Waals surface area contributed by atoms with E-state index in [0.29, 0.717) is 59.1 Å². The summed E-state index contributed by atoms with van der Waals surface area (Å²) in [5, 5.41) is 38.9. The molecule has 3 atom stereocenters. The molecule has 2 aliphatic heterocycles. The molecule has 0 bridgehead atoms. The number of benzene rings is 1. The summed E-state index contributed by atoms with van der Waals surface area (Å²) in [6.07, 6.45) is 13.5. The van der Waals surface area contributed by atoms with Crippen molar-refractivity contribution in [2.75, 3.05) is 36.4 Å². The molecule has 4 aromatic heterocycles. The van der Waals surface area contributed by atoms with Gasteiger partial charge >= 0.3 is 0 Å². The predicted octanol–water partition coefficient (Wildman–Crippen LogP) is 4.99. The smallest absolute Gasteiger partial charge is 0.234 e. The van der Waals surface area contributed by atoms with Gasteiger partial charge in [-0.3, -0.25) is 19.8 Å². The van der Waals surface area contributed by atoms with E-state index in [0.717, 1.165) is 68.5 Å². The molecule has 0 radical (unpaired) electrons. The van der Waals surface area contributed by atoms with Gasteiger partial charge in [-0.15, -0.1) is 5.10 Å². The van der Waals surface area contributed by atoms with Crippen LogP contribution >= 0.6 is 0 Å². The Hall–Kier alpha value is -6.19. The van der Waals surface area contributed by atoms with Gasteiger partial charge in [0, 0.05) is 61.4 Å². The van der Waals surface area contributed by atoms with Crippen LogP contribution in [0.1, 0.15) is 87.4 Å². The van der Waals surface area contributed by atoms with Gasteiger partial charge in [-0.1, -0.05) is 17.3 Å². The molecular weight excluding hydrogens is 707 g/mol. The van der Waals surface area contributed by atoms with Gasteiger partial charge in [-0.25, -0.2) is 14.6 Å². The number of imide groups is 1. The lowest BCUT2D eigenvalue weighted by molar-refractivity contribution is -0.134. The average Bonchev–Trinajstić information content (AvgIpc) is 3.88. The maximum Gasteiger partial charge on any atom is 0.234 e. The van der Waals surface area contributed by atoms with Crippen LogP contribution in [0.4, 0.5) is 11.4 Å². The topological polar surface area (TPSA) is 187 Å². The quantitative estimate of drug-likeness (QED) is 0.183. The number of aromatic nitrogens is 7. The average molecular weight is 752 g/mol. The summed E-state index contributed by atoms with van der Waals surface area (Å²) in [6, 6.07) is 16.2. The summed E-state index contributed by atoms with van der Waals surface area (Å²) in [7, 11) is 0. The van der Waals surface area contributed by atoms with E-state index in [4.69, 9.17) is 0 Å². The molecule has 56 heavy (non-hydrogen) atoms. The van der Waals surface area contributed by atoms with Crippen molar-refractivity contribution in [3.05, 3.63) is 78.0 Å². The first kappa shape index (κ1) is 36.8. The van der Waals surface area contributed by atoms with Crippen LogP contribution in [0.15, 0.2) is 61.2 Å². The number of hydrogen-bond acceptors (Lipinski definition) is 12. The van der Waals surface area contributed by atoms with Crippen LogP contribution in [0.3, 0.4) is 0 Å². The molecule has 0 spiro atoms.